The van der Waals surface area contributed by atoms with Gasteiger partial charge in [0.15, 0.2) is 11.5 Å². The Morgan fingerprint density at radius 2 is 1.82 bits per heavy atom. The number of benzene rings is 2. The minimum absolute atomic E-state index is 0.0675. The number of carbonyl (C=O) groups is 1. The van der Waals surface area contributed by atoms with Crippen molar-refractivity contribution in [2.75, 3.05) is 26.7 Å². The van der Waals surface area contributed by atoms with Gasteiger partial charge in [-0.2, -0.15) is 0 Å². The summed E-state index contributed by atoms with van der Waals surface area (Å²) in [6.07, 6.45) is 2.35. The van der Waals surface area contributed by atoms with Crippen molar-refractivity contribution in [3.63, 3.8) is 0 Å². The van der Waals surface area contributed by atoms with Crippen molar-refractivity contribution in [1.82, 2.24) is 10.2 Å². The van der Waals surface area contributed by atoms with E-state index in [1.807, 2.05) is 48.5 Å². The number of nitrogens with zero attached hydrogens (tertiary/aromatic N) is 1. The highest BCUT2D eigenvalue weighted by Gasteiger charge is 2.17. The zero-order valence-corrected chi connectivity index (χ0v) is 16.8. The number of rotatable bonds is 8. The van der Waals surface area contributed by atoms with E-state index in [2.05, 4.69) is 17.1 Å². The van der Waals surface area contributed by atoms with Crippen LogP contribution in [0.5, 0.6) is 11.5 Å². The summed E-state index contributed by atoms with van der Waals surface area (Å²) in [6.45, 7) is 5.74. The predicted octanol–water partition coefficient (Wildman–Crippen LogP) is 3.62. The molecule has 28 heavy (non-hydrogen) atoms. The highest BCUT2D eigenvalue weighted by molar-refractivity contribution is 5.78. The molecule has 0 unspecified atom stereocenters. The Hall–Kier alpha value is -2.53. The second-order valence-electron chi connectivity index (χ2n) is 7.49. The third-order valence-corrected chi connectivity index (χ3v) is 5.20. The first-order valence-corrected chi connectivity index (χ1v) is 9.96. The Balaban J connectivity index is 1.49. The number of amides is 1. The highest BCUT2D eigenvalue weighted by Crippen LogP contribution is 2.28. The van der Waals surface area contributed by atoms with Gasteiger partial charge < -0.3 is 14.8 Å². The molecule has 1 amide bonds. The van der Waals surface area contributed by atoms with E-state index in [-0.39, 0.29) is 5.91 Å². The summed E-state index contributed by atoms with van der Waals surface area (Å²) in [5.74, 6) is 2.21. The molecule has 0 bridgehead atoms. The van der Waals surface area contributed by atoms with Crippen molar-refractivity contribution >= 4 is 5.91 Å². The third kappa shape index (κ3) is 5.99. The van der Waals surface area contributed by atoms with Crippen LogP contribution in [0.15, 0.2) is 48.5 Å². The fourth-order valence-electron chi connectivity index (χ4n) is 3.36. The Bertz CT molecular complexity index is 756. The average molecular weight is 383 g/mol. The Morgan fingerprint density at radius 1 is 1.07 bits per heavy atom. The van der Waals surface area contributed by atoms with Gasteiger partial charge in [0.05, 0.1) is 13.7 Å². The standard InChI is InChI=1S/C23H30N2O3/c1-18-10-12-25(13-11-18)16-23(26)24-15-20-8-9-21(22(14-20)27-2)28-17-19-6-4-3-5-7-19/h3-9,14,18H,10-13,15-17H2,1-2H3,(H,24,26). The van der Waals surface area contributed by atoms with Crippen LogP contribution in [-0.2, 0) is 17.9 Å². The van der Waals surface area contributed by atoms with E-state index >= 15 is 0 Å². The molecule has 1 aliphatic rings. The molecule has 1 fully saturated rings. The lowest BCUT2D eigenvalue weighted by atomic mass is 9.99. The molecule has 0 saturated carbocycles. The van der Waals surface area contributed by atoms with Crippen molar-refractivity contribution in [2.24, 2.45) is 5.92 Å². The first-order chi connectivity index (χ1) is 13.6. The summed E-state index contributed by atoms with van der Waals surface area (Å²) >= 11 is 0. The summed E-state index contributed by atoms with van der Waals surface area (Å²) in [4.78, 5) is 14.5. The van der Waals surface area contributed by atoms with Crippen LogP contribution in [0.4, 0.5) is 0 Å². The van der Waals surface area contributed by atoms with Gasteiger partial charge in [0, 0.05) is 6.54 Å². The highest BCUT2D eigenvalue weighted by atomic mass is 16.5. The van der Waals surface area contributed by atoms with Crippen LogP contribution < -0.4 is 14.8 Å². The lowest BCUT2D eigenvalue weighted by Gasteiger charge is -2.29. The predicted molar refractivity (Wildman–Crippen MR) is 110 cm³/mol. The van der Waals surface area contributed by atoms with Crippen LogP contribution in [0.25, 0.3) is 0 Å². The maximum absolute atomic E-state index is 12.2. The molecule has 2 aromatic carbocycles. The smallest absolute Gasteiger partial charge is 0.234 e. The second kappa shape index (κ2) is 10.1. The maximum Gasteiger partial charge on any atom is 0.234 e. The Labute approximate surface area is 167 Å². The van der Waals surface area contributed by atoms with E-state index in [9.17, 15) is 4.79 Å². The molecule has 150 valence electrons. The normalized spacial score (nSPS) is 15.2. The minimum Gasteiger partial charge on any atom is -0.493 e. The molecule has 5 heteroatoms. The van der Waals surface area contributed by atoms with Gasteiger partial charge in [-0.05, 0) is 55.1 Å². The van der Waals surface area contributed by atoms with Crippen LogP contribution >= 0.6 is 0 Å². The van der Waals surface area contributed by atoms with Gasteiger partial charge in [-0.1, -0.05) is 43.3 Å². The second-order valence-corrected chi connectivity index (χ2v) is 7.49. The van der Waals surface area contributed by atoms with Crippen LogP contribution in [0.3, 0.4) is 0 Å². The van der Waals surface area contributed by atoms with Crippen LogP contribution in [0.1, 0.15) is 30.9 Å². The molecule has 1 aliphatic heterocycles. The zero-order chi connectivity index (χ0) is 19.8. The van der Waals surface area contributed by atoms with E-state index in [0.717, 1.165) is 30.1 Å². The van der Waals surface area contributed by atoms with Gasteiger partial charge in [0.25, 0.3) is 0 Å². The summed E-state index contributed by atoms with van der Waals surface area (Å²) in [6, 6.07) is 15.8. The van der Waals surface area contributed by atoms with Crippen LogP contribution in [-0.4, -0.2) is 37.6 Å². The topological polar surface area (TPSA) is 50.8 Å². The lowest BCUT2D eigenvalue weighted by Crippen LogP contribution is -2.41. The van der Waals surface area contributed by atoms with E-state index in [0.29, 0.717) is 31.2 Å². The van der Waals surface area contributed by atoms with E-state index < -0.39 is 0 Å². The van der Waals surface area contributed by atoms with Crippen molar-refractivity contribution in [2.45, 2.75) is 32.9 Å². The molecule has 2 aromatic rings. The first kappa shape index (κ1) is 20.2. The Kier molecular flexibility index (Phi) is 7.31. The van der Waals surface area contributed by atoms with E-state index in [1.54, 1.807) is 7.11 Å². The SMILES string of the molecule is COc1cc(CNC(=O)CN2CCC(C)CC2)ccc1OCc1ccccc1. The molecule has 5 nitrogen and oxygen atoms in total. The maximum atomic E-state index is 12.2. The summed E-state index contributed by atoms with van der Waals surface area (Å²) in [5.41, 5.74) is 2.09. The number of hydrogen-bond donors (Lipinski definition) is 1. The molecule has 1 heterocycles. The number of methoxy groups -OCH3 is 1. The van der Waals surface area contributed by atoms with E-state index in [4.69, 9.17) is 9.47 Å². The van der Waals surface area contributed by atoms with Gasteiger partial charge in [-0.15, -0.1) is 0 Å². The number of ether oxygens (including phenoxy) is 2. The number of piperidine rings is 1. The molecule has 0 aliphatic carbocycles. The van der Waals surface area contributed by atoms with Crippen molar-refractivity contribution in [3.05, 3.63) is 59.7 Å². The molecule has 0 spiro atoms. The van der Waals surface area contributed by atoms with Gasteiger partial charge in [-0.3, -0.25) is 9.69 Å². The fourth-order valence-corrected chi connectivity index (χ4v) is 3.36. The molecule has 0 atom stereocenters. The zero-order valence-electron chi connectivity index (χ0n) is 16.8. The number of likely N-dealkylation sites (tertiary alicyclic amines) is 1. The van der Waals surface area contributed by atoms with Gasteiger partial charge in [-0.25, -0.2) is 0 Å². The van der Waals surface area contributed by atoms with Gasteiger partial charge in [0.2, 0.25) is 5.91 Å². The van der Waals surface area contributed by atoms with Crippen molar-refractivity contribution in [3.8, 4) is 11.5 Å². The first-order valence-electron chi connectivity index (χ1n) is 9.96. The number of nitrogens with one attached hydrogen (secondary N) is 1. The largest absolute Gasteiger partial charge is 0.493 e. The summed E-state index contributed by atoms with van der Waals surface area (Å²) in [5, 5.41) is 3.01. The quantitative estimate of drug-likeness (QED) is 0.758. The molecule has 1 saturated heterocycles. The molecule has 0 radical (unpaired) electrons. The number of carbonyl (C=O) groups excluding carboxylic acids is 1. The van der Waals surface area contributed by atoms with E-state index in [1.165, 1.54) is 12.8 Å². The summed E-state index contributed by atoms with van der Waals surface area (Å²) < 4.78 is 11.4. The minimum atomic E-state index is 0.0675. The van der Waals surface area contributed by atoms with Crippen LogP contribution in [0.2, 0.25) is 0 Å². The Morgan fingerprint density at radius 3 is 2.54 bits per heavy atom. The summed E-state index contributed by atoms with van der Waals surface area (Å²) in [7, 11) is 1.63. The molecular formula is C23H30N2O3. The third-order valence-electron chi connectivity index (χ3n) is 5.20. The lowest BCUT2D eigenvalue weighted by molar-refractivity contribution is -0.122. The fraction of sp³-hybridized carbons (Fsp3) is 0.435. The van der Waals surface area contributed by atoms with Crippen molar-refractivity contribution < 1.29 is 14.3 Å². The monoisotopic (exact) mass is 382 g/mol. The molecule has 3 rings (SSSR count). The van der Waals surface area contributed by atoms with Crippen molar-refractivity contribution in [1.29, 1.82) is 0 Å². The molecule has 1 N–H and O–H groups in total. The van der Waals surface area contributed by atoms with Gasteiger partial charge in [0.1, 0.15) is 6.61 Å². The molecule has 0 aromatic heterocycles. The van der Waals surface area contributed by atoms with Gasteiger partial charge >= 0.3 is 0 Å². The average Bonchev–Trinajstić information content (AvgIpc) is 2.73. The van der Waals surface area contributed by atoms with Crippen LogP contribution in [0, 0.1) is 5.92 Å². The number of hydrogen-bond acceptors (Lipinski definition) is 4. The molecular weight excluding hydrogens is 352 g/mol.